The van der Waals surface area contributed by atoms with E-state index in [0.29, 0.717) is 18.0 Å². The van der Waals surface area contributed by atoms with Crippen LogP contribution in [-0.4, -0.2) is 52.0 Å². The number of hydrogen-bond donors (Lipinski definition) is 2. The second kappa shape index (κ2) is 7.98. The molecule has 0 amide bonds. The minimum atomic E-state index is -0.987. The first-order valence-electron chi connectivity index (χ1n) is 11.2. The molecule has 170 valence electrons. The molecule has 2 saturated heterocycles. The third kappa shape index (κ3) is 3.69. The lowest BCUT2D eigenvalue weighted by Crippen LogP contribution is -2.53. The summed E-state index contributed by atoms with van der Waals surface area (Å²) in [5, 5.41) is 19.3. The Morgan fingerprint density at radius 3 is 2.84 bits per heavy atom. The lowest BCUT2D eigenvalue weighted by molar-refractivity contribution is -0.163. The first-order valence-corrected chi connectivity index (χ1v) is 11.2. The zero-order valence-electron chi connectivity index (χ0n) is 18.4. The van der Waals surface area contributed by atoms with E-state index in [1.54, 1.807) is 6.07 Å². The second-order valence-electron chi connectivity index (χ2n) is 9.45. The number of hydrogen-bond acceptors (Lipinski definition) is 6. The number of phenols is 1. The molecular weight excluding hydrogens is 410 g/mol. The number of carboxylic acids is 1. The van der Waals surface area contributed by atoms with Crippen LogP contribution in [0.1, 0.15) is 43.9 Å². The molecule has 2 fully saturated rings. The molecule has 7 nitrogen and oxygen atoms in total. The number of ether oxygens (including phenoxy) is 3. The molecule has 0 bridgehead atoms. The molecule has 2 N–H and O–H groups in total. The Morgan fingerprint density at radius 1 is 1.22 bits per heavy atom. The van der Waals surface area contributed by atoms with Gasteiger partial charge in [-0.2, -0.15) is 0 Å². The van der Waals surface area contributed by atoms with Gasteiger partial charge >= 0.3 is 5.97 Å². The average Bonchev–Trinajstić information content (AvgIpc) is 3.15. The van der Waals surface area contributed by atoms with Crippen LogP contribution >= 0.6 is 0 Å². The van der Waals surface area contributed by atoms with E-state index in [0.717, 1.165) is 30.5 Å². The fraction of sp³-hybridized carbons (Fsp3) is 0.480. The number of aliphatic carboxylic acids is 1. The maximum Gasteiger partial charge on any atom is 0.341 e. The van der Waals surface area contributed by atoms with E-state index >= 15 is 0 Å². The highest BCUT2D eigenvalue weighted by atomic mass is 16.5. The van der Waals surface area contributed by atoms with E-state index < -0.39 is 11.6 Å². The topological polar surface area (TPSA) is 88.5 Å². The minimum Gasteiger partial charge on any atom is -0.504 e. The van der Waals surface area contributed by atoms with Gasteiger partial charge in [0.05, 0.1) is 12.2 Å². The van der Waals surface area contributed by atoms with Crippen molar-refractivity contribution in [2.75, 3.05) is 13.2 Å². The third-order valence-electron chi connectivity index (χ3n) is 7.07. The number of benzene rings is 2. The number of nitrogens with zero attached hydrogens (tertiary/aromatic N) is 1. The highest BCUT2D eigenvalue weighted by Gasteiger charge is 2.53. The van der Waals surface area contributed by atoms with Crippen LogP contribution in [0.5, 0.6) is 17.2 Å². The van der Waals surface area contributed by atoms with Crippen LogP contribution in [-0.2, 0) is 16.1 Å². The molecule has 0 aromatic heterocycles. The van der Waals surface area contributed by atoms with Gasteiger partial charge in [0.25, 0.3) is 0 Å². The summed E-state index contributed by atoms with van der Waals surface area (Å²) in [6.45, 7) is 5.36. The van der Waals surface area contributed by atoms with E-state index in [2.05, 4.69) is 18.7 Å². The average molecular weight is 440 g/mol. The summed E-state index contributed by atoms with van der Waals surface area (Å²) >= 11 is 0. The van der Waals surface area contributed by atoms with Crippen molar-refractivity contribution in [2.45, 2.75) is 57.1 Å². The van der Waals surface area contributed by atoms with Gasteiger partial charge in [0.1, 0.15) is 11.4 Å². The number of carbonyl (C=O) groups is 1. The number of fused-ring (bicyclic) bond motifs is 4. The number of aromatic hydroxyl groups is 1. The van der Waals surface area contributed by atoms with Crippen molar-refractivity contribution in [3.05, 3.63) is 53.6 Å². The van der Waals surface area contributed by atoms with E-state index in [1.165, 1.54) is 0 Å². The van der Waals surface area contributed by atoms with Crippen molar-refractivity contribution in [1.82, 2.24) is 4.90 Å². The van der Waals surface area contributed by atoms with Crippen LogP contribution in [0.2, 0.25) is 0 Å². The molecule has 7 heteroatoms. The van der Waals surface area contributed by atoms with Gasteiger partial charge in [0, 0.05) is 36.2 Å². The number of para-hydroxylation sites is 2. The molecule has 3 heterocycles. The van der Waals surface area contributed by atoms with Crippen molar-refractivity contribution in [3.8, 4) is 17.2 Å². The maximum atomic E-state index is 10.9. The molecule has 2 aromatic rings. The van der Waals surface area contributed by atoms with Crippen LogP contribution in [0.25, 0.3) is 0 Å². The van der Waals surface area contributed by atoms with Crippen LogP contribution in [0, 0.1) is 5.92 Å². The summed E-state index contributed by atoms with van der Waals surface area (Å²) in [5.74, 6) is 0.469. The highest BCUT2D eigenvalue weighted by Crippen LogP contribution is 2.54. The van der Waals surface area contributed by atoms with Gasteiger partial charge in [-0.15, -0.1) is 0 Å². The van der Waals surface area contributed by atoms with Gasteiger partial charge in [0.2, 0.25) is 0 Å². The Bertz CT molecular complexity index is 1020. The summed E-state index contributed by atoms with van der Waals surface area (Å²) < 4.78 is 18.5. The third-order valence-corrected chi connectivity index (χ3v) is 7.07. The predicted octanol–water partition coefficient (Wildman–Crippen LogP) is 3.75. The van der Waals surface area contributed by atoms with Crippen molar-refractivity contribution >= 4 is 5.97 Å². The van der Waals surface area contributed by atoms with Gasteiger partial charge in [-0.05, 0) is 38.8 Å². The van der Waals surface area contributed by atoms with Crippen molar-refractivity contribution < 1.29 is 29.2 Å². The molecule has 3 aliphatic rings. The molecule has 3 aliphatic heterocycles. The van der Waals surface area contributed by atoms with Gasteiger partial charge in [0.15, 0.2) is 18.1 Å². The van der Waals surface area contributed by atoms with Crippen molar-refractivity contribution in [2.24, 2.45) is 5.92 Å². The van der Waals surface area contributed by atoms with Crippen molar-refractivity contribution in [1.29, 1.82) is 0 Å². The normalized spacial score (nSPS) is 28.2. The Balaban J connectivity index is 1.37. The zero-order valence-corrected chi connectivity index (χ0v) is 18.4. The summed E-state index contributed by atoms with van der Waals surface area (Å²) in [6.07, 6.45) is 1.86. The Morgan fingerprint density at radius 2 is 2.03 bits per heavy atom. The minimum absolute atomic E-state index is 0.103. The molecular formula is C25H29NO6. The molecule has 0 aliphatic carbocycles. The Labute approximate surface area is 187 Å². The molecule has 4 atom stereocenters. The van der Waals surface area contributed by atoms with Crippen LogP contribution < -0.4 is 9.47 Å². The Kier molecular flexibility index (Phi) is 5.26. The lowest BCUT2D eigenvalue weighted by atomic mass is 9.74. The molecule has 0 radical (unpaired) electrons. The molecule has 0 spiro atoms. The Hall–Kier alpha value is -2.77. The van der Waals surface area contributed by atoms with E-state index in [9.17, 15) is 9.90 Å². The van der Waals surface area contributed by atoms with Gasteiger partial charge in [-0.1, -0.05) is 30.3 Å². The fourth-order valence-corrected chi connectivity index (χ4v) is 5.50. The van der Waals surface area contributed by atoms with Crippen LogP contribution in [0.3, 0.4) is 0 Å². The quantitative estimate of drug-likeness (QED) is 0.734. The SMILES string of the molecule is CC1(C)Oc2c(O)cccc2[C@H]2O[C@H]3CCN(Cc4ccccc4OCC(=O)O)[C@@H]3C[C@@H]21. The monoisotopic (exact) mass is 439 g/mol. The largest absolute Gasteiger partial charge is 0.504 e. The smallest absolute Gasteiger partial charge is 0.341 e. The molecule has 32 heavy (non-hydrogen) atoms. The first-order chi connectivity index (χ1) is 15.3. The van der Waals surface area contributed by atoms with Gasteiger partial charge in [-0.3, -0.25) is 4.90 Å². The van der Waals surface area contributed by atoms with E-state index in [-0.39, 0.29) is 36.5 Å². The summed E-state index contributed by atoms with van der Waals surface area (Å²) in [6, 6.07) is 13.3. The second-order valence-corrected chi connectivity index (χ2v) is 9.45. The van der Waals surface area contributed by atoms with Crippen LogP contribution in [0.15, 0.2) is 42.5 Å². The van der Waals surface area contributed by atoms with Crippen LogP contribution in [0.4, 0.5) is 0 Å². The molecule has 0 saturated carbocycles. The zero-order chi connectivity index (χ0) is 22.5. The van der Waals surface area contributed by atoms with E-state index in [1.807, 2.05) is 36.4 Å². The highest BCUT2D eigenvalue weighted by molar-refractivity contribution is 5.68. The predicted molar refractivity (Wildman–Crippen MR) is 117 cm³/mol. The maximum absolute atomic E-state index is 10.9. The summed E-state index contributed by atoms with van der Waals surface area (Å²) in [5.41, 5.74) is 1.43. The molecule has 2 aromatic carbocycles. The van der Waals surface area contributed by atoms with E-state index in [4.69, 9.17) is 19.3 Å². The summed E-state index contributed by atoms with van der Waals surface area (Å²) in [7, 11) is 0. The van der Waals surface area contributed by atoms with Gasteiger partial charge in [-0.25, -0.2) is 4.79 Å². The molecule has 0 unspecified atom stereocenters. The van der Waals surface area contributed by atoms with Gasteiger partial charge < -0.3 is 24.4 Å². The number of rotatable bonds is 5. The standard InChI is InChI=1S/C25H29NO6/c1-25(2)17-12-18-21(31-23(17)16-7-5-8-19(27)24(16)32-25)10-11-26(18)13-15-6-3-4-9-20(15)30-14-22(28)29/h3-9,17-18,21,23,27H,10-14H2,1-2H3,(H,28,29)/t17-,18+,21-,23+/m0/s1. The lowest BCUT2D eigenvalue weighted by Gasteiger charge is -2.50. The fourth-order valence-electron chi connectivity index (χ4n) is 5.50. The van der Waals surface area contributed by atoms with Crippen molar-refractivity contribution in [3.63, 3.8) is 0 Å². The summed E-state index contributed by atoms with van der Waals surface area (Å²) in [4.78, 5) is 13.4. The number of likely N-dealkylation sites (tertiary alicyclic amines) is 1. The number of carboxylic acid groups (broad SMARTS) is 1. The molecule has 5 rings (SSSR count). The first kappa shape index (κ1) is 21.1. The number of phenolic OH excluding ortho intramolecular Hbond substituents is 1.